The number of carboxylic acid groups (broad SMARTS) is 2. The highest BCUT2D eigenvalue weighted by Gasteiger charge is 2.54. The van der Waals surface area contributed by atoms with Crippen molar-refractivity contribution in [3.8, 4) is 11.5 Å². The molecule has 3 aromatic rings. The number of thioether (sulfide) groups is 1. The number of fused-ring (bicyclic) bond motifs is 1. The lowest BCUT2D eigenvalue weighted by Crippen LogP contribution is -2.71. The van der Waals surface area contributed by atoms with Gasteiger partial charge in [0.25, 0.3) is 17.7 Å². The molecule has 0 bridgehead atoms. The molecule has 16 nitrogen and oxygen atoms in total. The van der Waals surface area contributed by atoms with Crippen LogP contribution in [-0.4, -0.2) is 95.0 Å². The molecule has 3 amide bonds. The van der Waals surface area contributed by atoms with Gasteiger partial charge in [0.15, 0.2) is 22.3 Å². The van der Waals surface area contributed by atoms with Crippen molar-refractivity contribution in [2.75, 3.05) is 18.0 Å². The molecule has 18 heteroatoms. The number of benzene rings is 2. The van der Waals surface area contributed by atoms with Crippen LogP contribution >= 0.6 is 23.1 Å². The zero-order valence-corrected chi connectivity index (χ0v) is 28.7. The summed E-state index contributed by atoms with van der Waals surface area (Å²) in [5, 5.41) is 49.6. The van der Waals surface area contributed by atoms with E-state index in [0.29, 0.717) is 0 Å². The molecule has 1 unspecified atom stereocenters. The number of nitrogens with one attached hydrogen (secondary N) is 2. The van der Waals surface area contributed by atoms with E-state index in [0.717, 1.165) is 39.6 Å². The first kappa shape index (κ1) is 36.4. The van der Waals surface area contributed by atoms with E-state index in [4.69, 9.17) is 10.6 Å². The van der Waals surface area contributed by atoms with E-state index >= 15 is 0 Å². The van der Waals surface area contributed by atoms with E-state index in [-0.39, 0.29) is 57.7 Å². The molecule has 1 fully saturated rings. The number of amides is 3. The van der Waals surface area contributed by atoms with Gasteiger partial charge in [-0.25, -0.2) is 14.6 Å². The number of carbonyl (C=O) groups excluding carboxylic acids is 3. The fourth-order valence-corrected chi connectivity index (χ4v) is 6.86. The molecular weight excluding hydrogens is 705 g/mol. The summed E-state index contributed by atoms with van der Waals surface area (Å²) in [6.45, 7) is 2.17. The molecule has 2 aliphatic rings. The molecule has 51 heavy (non-hydrogen) atoms. The number of thiazole rings is 1. The zero-order valence-electron chi connectivity index (χ0n) is 27.0. The predicted octanol–water partition coefficient (Wildman–Crippen LogP) is 2.14. The van der Waals surface area contributed by atoms with Crippen molar-refractivity contribution in [3.05, 3.63) is 87.6 Å². The lowest BCUT2D eigenvalue weighted by Gasteiger charge is -2.49. The maximum atomic E-state index is 13.3. The second-order valence-electron chi connectivity index (χ2n) is 11.7. The van der Waals surface area contributed by atoms with Crippen molar-refractivity contribution >= 4 is 69.7 Å². The third kappa shape index (κ3) is 7.97. The summed E-state index contributed by atoms with van der Waals surface area (Å²) in [4.78, 5) is 73.7. The Kier molecular flexibility index (Phi) is 10.7. The molecule has 1 aromatic heterocycles. The number of β-lactam (4-membered cyclic amide) rings is 1. The summed E-state index contributed by atoms with van der Waals surface area (Å²) < 4.78 is 0. The molecule has 2 aliphatic heterocycles. The molecule has 0 aliphatic carbocycles. The molecule has 2 atom stereocenters. The van der Waals surface area contributed by atoms with Gasteiger partial charge in [0.05, 0.1) is 0 Å². The lowest BCUT2D eigenvalue weighted by molar-refractivity contribution is -0.161. The molecule has 3 heterocycles. The Labute approximate surface area is 298 Å². The molecular formula is C33H32N6O10S2. The zero-order chi connectivity index (χ0) is 37.0. The van der Waals surface area contributed by atoms with Crippen LogP contribution < -0.4 is 16.4 Å². The highest BCUT2D eigenvalue weighted by Crippen LogP contribution is 2.40. The highest BCUT2D eigenvalue weighted by molar-refractivity contribution is 8.00. The summed E-state index contributed by atoms with van der Waals surface area (Å²) in [5.41, 5.74) is 4.49. The molecule has 5 rings (SSSR count). The van der Waals surface area contributed by atoms with E-state index in [1.807, 2.05) is 36.4 Å². The third-order valence-corrected chi connectivity index (χ3v) is 9.75. The Hall–Kier alpha value is -5.88. The number of rotatable bonds is 13. The Morgan fingerprint density at radius 1 is 1.16 bits per heavy atom. The number of phenolic OH excluding ortho intramolecular Hbond substituents is 2. The van der Waals surface area contributed by atoms with Crippen LogP contribution in [0.15, 0.2) is 70.3 Å². The van der Waals surface area contributed by atoms with Gasteiger partial charge in [-0.15, -0.1) is 23.1 Å². The van der Waals surface area contributed by atoms with Crippen molar-refractivity contribution in [1.82, 2.24) is 20.5 Å². The summed E-state index contributed by atoms with van der Waals surface area (Å²) in [6, 6.07) is 10.7. The monoisotopic (exact) mass is 736 g/mol. The number of anilines is 1. The number of carbonyl (C=O) groups is 5. The smallest absolute Gasteiger partial charge is 0.352 e. The Morgan fingerprint density at radius 3 is 2.53 bits per heavy atom. The molecule has 8 N–H and O–H groups in total. The minimum absolute atomic E-state index is 0.0186. The average molecular weight is 737 g/mol. The molecule has 0 spiro atoms. The number of nitrogen functional groups attached to an aromatic ring is 1. The van der Waals surface area contributed by atoms with Crippen molar-refractivity contribution in [3.63, 3.8) is 0 Å². The second-order valence-corrected chi connectivity index (χ2v) is 13.7. The van der Waals surface area contributed by atoms with Crippen LogP contribution in [0.25, 0.3) is 6.08 Å². The van der Waals surface area contributed by atoms with Crippen LogP contribution in [0.3, 0.4) is 0 Å². The van der Waals surface area contributed by atoms with Gasteiger partial charge in [0.2, 0.25) is 5.60 Å². The van der Waals surface area contributed by atoms with Gasteiger partial charge in [-0.1, -0.05) is 47.6 Å². The van der Waals surface area contributed by atoms with Crippen molar-refractivity contribution in [2.24, 2.45) is 5.16 Å². The van der Waals surface area contributed by atoms with E-state index in [9.17, 15) is 44.4 Å². The number of nitrogens with two attached hydrogens (primary N) is 1. The minimum Gasteiger partial charge on any atom is -0.504 e. The topological polar surface area (TPSA) is 254 Å². The largest absolute Gasteiger partial charge is 0.504 e. The SMILES string of the molecule is CC(C)(O/N=C(\C(=O)NC1C(=O)N2C(C(=O)O)=C(CNC(=O)c3cc(O)c(O)c(CC=Cc4ccccc4)c3)CS[C@@H]12)c1csc(N)n1)C(=O)O. The maximum Gasteiger partial charge on any atom is 0.352 e. The van der Waals surface area contributed by atoms with Gasteiger partial charge in [-0.3, -0.25) is 19.3 Å². The predicted molar refractivity (Wildman–Crippen MR) is 187 cm³/mol. The number of oxime groups is 1. The average Bonchev–Trinajstić information content (AvgIpc) is 3.53. The summed E-state index contributed by atoms with van der Waals surface area (Å²) in [7, 11) is 0. The van der Waals surface area contributed by atoms with Crippen LogP contribution in [0.2, 0.25) is 0 Å². The number of aromatic nitrogens is 1. The molecule has 1 saturated heterocycles. The number of allylic oxidation sites excluding steroid dienone is 1. The van der Waals surface area contributed by atoms with Gasteiger partial charge in [-0.2, -0.15) is 0 Å². The van der Waals surface area contributed by atoms with Crippen LogP contribution in [-0.2, 0) is 30.4 Å². The first-order valence-corrected chi connectivity index (χ1v) is 17.1. The van der Waals surface area contributed by atoms with Crippen LogP contribution in [0.1, 0.15) is 41.0 Å². The van der Waals surface area contributed by atoms with Gasteiger partial charge in [0, 0.05) is 28.8 Å². The number of aromatic hydroxyl groups is 2. The fraction of sp³-hybridized carbons (Fsp3) is 0.242. The summed E-state index contributed by atoms with van der Waals surface area (Å²) in [5.74, 6) is -5.95. The number of hydrogen-bond donors (Lipinski definition) is 7. The molecule has 266 valence electrons. The fourth-order valence-electron chi connectivity index (χ4n) is 4.97. The summed E-state index contributed by atoms with van der Waals surface area (Å²) in [6.07, 6.45) is 3.79. The van der Waals surface area contributed by atoms with E-state index in [2.05, 4.69) is 20.8 Å². The highest BCUT2D eigenvalue weighted by atomic mass is 32.2. The second kappa shape index (κ2) is 14.9. The molecule has 2 aromatic carbocycles. The standard InChI is InChI=1S/C33H32N6O10S2/c1-33(2,31(47)48)49-38-22(20-15-51-32(34)36-20)27(43)37-23-28(44)39-24(30(45)46)19(14-50-29(23)39)13-35-26(42)18-11-17(25(41)21(40)12-18)10-6-9-16-7-4-3-5-8-16/h3-9,11-12,15,23,29,40-41H,10,13-14H2,1-2H3,(H2,34,36)(H,35,42)(H,37,43)(H,45,46)(H,47,48)/b9-6?,38-22-/t23?,29-/m0/s1. The molecule has 0 saturated carbocycles. The van der Waals surface area contributed by atoms with E-state index < -0.39 is 58.1 Å². The quantitative estimate of drug-likeness (QED) is 0.0576. The number of nitrogens with zero attached hydrogens (tertiary/aromatic N) is 3. The van der Waals surface area contributed by atoms with Crippen molar-refractivity contribution < 1.29 is 49.2 Å². The van der Waals surface area contributed by atoms with Crippen LogP contribution in [0, 0.1) is 0 Å². The number of aliphatic carboxylic acids is 2. The minimum atomic E-state index is -1.81. The normalized spacial score (nSPS) is 17.5. The van der Waals surface area contributed by atoms with Gasteiger partial charge < -0.3 is 41.6 Å². The molecule has 0 radical (unpaired) electrons. The van der Waals surface area contributed by atoms with Crippen molar-refractivity contribution in [1.29, 1.82) is 0 Å². The van der Waals surface area contributed by atoms with E-state index in [1.165, 1.54) is 25.3 Å². The van der Waals surface area contributed by atoms with Crippen molar-refractivity contribution in [2.45, 2.75) is 37.3 Å². The lowest BCUT2D eigenvalue weighted by atomic mass is 10.0. The van der Waals surface area contributed by atoms with Crippen LogP contribution in [0.5, 0.6) is 11.5 Å². The van der Waals surface area contributed by atoms with Gasteiger partial charge >= 0.3 is 11.9 Å². The summed E-state index contributed by atoms with van der Waals surface area (Å²) >= 11 is 2.13. The third-order valence-electron chi connectivity index (χ3n) is 7.74. The number of phenols is 2. The van der Waals surface area contributed by atoms with Gasteiger partial charge in [0.1, 0.15) is 22.8 Å². The Bertz CT molecular complexity index is 1990. The number of hydrogen-bond acceptors (Lipinski definition) is 13. The maximum absolute atomic E-state index is 13.3. The van der Waals surface area contributed by atoms with Crippen LogP contribution in [0.4, 0.5) is 5.13 Å². The van der Waals surface area contributed by atoms with E-state index in [1.54, 1.807) is 6.08 Å². The first-order valence-electron chi connectivity index (χ1n) is 15.1. The first-order chi connectivity index (χ1) is 24.2. The Balaban J connectivity index is 1.28. The Morgan fingerprint density at radius 2 is 1.88 bits per heavy atom. The van der Waals surface area contributed by atoms with Gasteiger partial charge in [-0.05, 0) is 43.5 Å². The number of carboxylic acids is 2.